The van der Waals surface area contributed by atoms with E-state index in [4.69, 9.17) is 0 Å². The summed E-state index contributed by atoms with van der Waals surface area (Å²) in [6.07, 6.45) is 2.77. The first-order chi connectivity index (χ1) is 9.13. The summed E-state index contributed by atoms with van der Waals surface area (Å²) in [6, 6.07) is 11.6. The fourth-order valence-corrected chi connectivity index (χ4v) is 3.21. The highest BCUT2D eigenvalue weighted by Gasteiger charge is 2.19. The monoisotopic (exact) mass is 270 g/mol. The quantitative estimate of drug-likeness (QED) is 0.565. The molecule has 2 aromatic rings. The molecule has 0 spiro atoms. The van der Waals surface area contributed by atoms with E-state index in [9.17, 15) is 4.79 Å². The molecule has 0 saturated carbocycles. The van der Waals surface area contributed by atoms with Crippen LogP contribution in [0, 0.1) is 6.92 Å². The van der Waals surface area contributed by atoms with Gasteiger partial charge in [-0.25, -0.2) is 0 Å². The van der Waals surface area contributed by atoms with Gasteiger partial charge in [-0.3, -0.25) is 4.79 Å². The van der Waals surface area contributed by atoms with Crippen LogP contribution in [0.3, 0.4) is 0 Å². The molecular weight excluding hydrogens is 252 g/mol. The SMILES string of the molecule is C=CCc1cc(C(C)C(=O)c2ccccc2)sc1C. The molecule has 2 rings (SSSR count). The second-order valence-corrected chi connectivity index (χ2v) is 5.96. The van der Waals surface area contributed by atoms with Crippen molar-refractivity contribution in [3.63, 3.8) is 0 Å². The van der Waals surface area contributed by atoms with Gasteiger partial charge in [0, 0.05) is 15.3 Å². The molecule has 0 fully saturated rings. The Balaban J connectivity index is 2.24. The number of hydrogen-bond acceptors (Lipinski definition) is 2. The number of carbonyl (C=O) groups excluding carboxylic acids is 1. The van der Waals surface area contributed by atoms with Crippen LogP contribution in [0.2, 0.25) is 0 Å². The maximum atomic E-state index is 12.4. The van der Waals surface area contributed by atoms with Gasteiger partial charge in [0.05, 0.1) is 5.92 Å². The lowest BCUT2D eigenvalue weighted by molar-refractivity contribution is 0.0967. The summed E-state index contributed by atoms with van der Waals surface area (Å²) in [4.78, 5) is 14.8. The van der Waals surface area contributed by atoms with Crippen LogP contribution >= 0.6 is 11.3 Å². The van der Waals surface area contributed by atoms with Gasteiger partial charge in [-0.05, 0) is 25.0 Å². The molecule has 0 aliphatic carbocycles. The smallest absolute Gasteiger partial charge is 0.170 e. The van der Waals surface area contributed by atoms with Crippen LogP contribution in [0.25, 0.3) is 0 Å². The van der Waals surface area contributed by atoms with Gasteiger partial charge in [0.2, 0.25) is 0 Å². The van der Waals surface area contributed by atoms with Crippen molar-refractivity contribution in [1.82, 2.24) is 0 Å². The van der Waals surface area contributed by atoms with E-state index in [2.05, 4.69) is 19.6 Å². The van der Waals surface area contributed by atoms with Crippen LogP contribution in [0.5, 0.6) is 0 Å². The number of thiophene rings is 1. The Morgan fingerprint density at radius 3 is 2.68 bits per heavy atom. The Bertz CT molecular complexity index is 581. The van der Waals surface area contributed by atoms with Gasteiger partial charge >= 0.3 is 0 Å². The number of benzene rings is 1. The lowest BCUT2D eigenvalue weighted by atomic mass is 9.97. The number of rotatable bonds is 5. The average Bonchev–Trinajstić information content (AvgIpc) is 2.80. The fourth-order valence-electron chi connectivity index (χ4n) is 2.10. The predicted molar refractivity (Wildman–Crippen MR) is 82.1 cm³/mol. The van der Waals surface area contributed by atoms with Crippen molar-refractivity contribution in [1.29, 1.82) is 0 Å². The van der Waals surface area contributed by atoms with Crippen molar-refractivity contribution in [3.05, 3.63) is 69.9 Å². The number of ketones is 1. The van der Waals surface area contributed by atoms with E-state index >= 15 is 0 Å². The molecule has 98 valence electrons. The van der Waals surface area contributed by atoms with Crippen molar-refractivity contribution in [3.8, 4) is 0 Å². The summed E-state index contributed by atoms with van der Waals surface area (Å²) >= 11 is 1.72. The lowest BCUT2D eigenvalue weighted by Crippen LogP contribution is -2.07. The Morgan fingerprint density at radius 2 is 2.05 bits per heavy atom. The highest BCUT2D eigenvalue weighted by molar-refractivity contribution is 7.12. The topological polar surface area (TPSA) is 17.1 Å². The number of carbonyl (C=O) groups is 1. The number of hydrogen-bond donors (Lipinski definition) is 0. The van der Waals surface area contributed by atoms with Crippen molar-refractivity contribution in [2.45, 2.75) is 26.2 Å². The summed E-state index contributed by atoms with van der Waals surface area (Å²) in [6.45, 7) is 7.86. The van der Waals surface area contributed by atoms with Gasteiger partial charge in [0.15, 0.2) is 5.78 Å². The van der Waals surface area contributed by atoms with E-state index in [0.29, 0.717) is 0 Å². The maximum absolute atomic E-state index is 12.4. The molecule has 0 aliphatic heterocycles. The first kappa shape index (κ1) is 13.8. The first-order valence-electron chi connectivity index (χ1n) is 6.43. The number of allylic oxidation sites excluding steroid dienone is 1. The van der Waals surface area contributed by atoms with Gasteiger partial charge < -0.3 is 0 Å². The summed E-state index contributed by atoms with van der Waals surface area (Å²) in [5.74, 6) is 0.108. The van der Waals surface area contributed by atoms with Gasteiger partial charge in [0.25, 0.3) is 0 Å². The molecule has 0 radical (unpaired) electrons. The Morgan fingerprint density at radius 1 is 1.37 bits per heavy atom. The van der Waals surface area contributed by atoms with Crippen LogP contribution in [0.4, 0.5) is 0 Å². The zero-order chi connectivity index (χ0) is 13.8. The molecule has 1 nitrogen and oxygen atoms in total. The summed E-state index contributed by atoms with van der Waals surface area (Å²) in [5.41, 5.74) is 2.06. The standard InChI is InChI=1S/C17H18OS/c1-4-8-15-11-16(19-13(15)3)12(2)17(18)14-9-6-5-7-10-14/h4-7,9-12H,1,8H2,2-3H3. The Labute approximate surface area is 118 Å². The van der Waals surface area contributed by atoms with Gasteiger partial charge in [-0.1, -0.05) is 43.3 Å². The van der Waals surface area contributed by atoms with E-state index < -0.39 is 0 Å². The highest BCUT2D eigenvalue weighted by Crippen LogP contribution is 2.30. The average molecular weight is 270 g/mol. The number of Topliss-reactive ketones (excluding diaryl/α,β-unsaturated/α-hetero) is 1. The summed E-state index contributed by atoms with van der Waals surface area (Å²) in [7, 11) is 0. The lowest BCUT2D eigenvalue weighted by Gasteiger charge is -2.08. The Kier molecular flexibility index (Phi) is 4.33. The van der Waals surface area contributed by atoms with Crippen molar-refractivity contribution in [2.75, 3.05) is 0 Å². The third kappa shape index (κ3) is 3.02. The highest BCUT2D eigenvalue weighted by atomic mass is 32.1. The molecule has 0 saturated heterocycles. The largest absolute Gasteiger partial charge is 0.293 e. The van der Waals surface area contributed by atoms with Gasteiger partial charge in [0.1, 0.15) is 0 Å². The van der Waals surface area contributed by atoms with Crippen molar-refractivity contribution < 1.29 is 4.79 Å². The third-order valence-corrected chi connectivity index (χ3v) is 4.56. The van der Waals surface area contributed by atoms with Crippen LogP contribution in [-0.2, 0) is 6.42 Å². The molecule has 19 heavy (non-hydrogen) atoms. The maximum Gasteiger partial charge on any atom is 0.170 e. The van der Waals surface area contributed by atoms with E-state index in [1.807, 2.05) is 43.3 Å². The van der Waals surface area contributed by atoms with Crippen molar-refractivity contribution >= 4 is 17.1 Å². The molecule has 1 unspecified atom stereocenters. The van der Waals surface area contributed by atoms with Crippen LogP contribution in [0.15, 0.2) is 49.1 Å². The molecule has 1 heterocycles. The van der Waals surface area contributed by atoms with E-state index in [0.717, 1.165) is 16.9 Å². The number of aryl methyl sites for hydroxylation is 1. The second kappa shape index (κ2) is 5.98. The van der Waals surface area contributed by atoms with Crippen LogP contribution in [-0.4, -0.2) is 5.78 Å². The molecule has 1 aromatic carbocycles. The molecular formula is C17H18OS. The molecule has 1 aromatic heterocycles. The molecule has 2 heteroatoms. The van der Waals surface area contributed by atoms with Crippen LogP contribution < -0.4 is 0 Å². The normalized spacial score (nSPS) is 12.1. The molecule has 0 N–H and O–H groups in total. The van der Waals surface area contributed by atoms with E-state index in [-0.39, 0.29) is 11.7 Å². The third-order valence-electron chi connectivity index (χ3n) is 3.28. The van der Waals surface area contributed by atoms with E-state index in [1.165, 1.54) is 10.4 Å². The first-order valence-corrected chi connectivity index (χ1v) is 7.24. The molecule has 1 atom stereocenters. The zero-order valence-corrected chi connectivity index (χ0v) is 12.2. The Hall–Kier alpha value is -1.67. The van der Waals surface area contributed by atoms with Gasteiger partial charge in [-0.2, -0.15) is 0 Å². The zero-order valence-electron chi connectivity index (χ0n) is 11.3. The minimum absolute atomic E-state index is 0.0790. The van der Waals surface area contributed by atoms with E-state index in [1.54, 1.807) is 11.3 Å². The molecule has 0 amide bonds. The van der Waals surface area contributed by atoms with Crippen LogP contribution in [0.1, 0.15) is 38.5 Å². The summed E-state index contributed by atoms with van der Waals surface area (Å²) < 4.78 is 0. The summed E-state index contributed by atoms with van der Waals surface area (Å²) in [5, 5.41) is 0. The minimum atomic E-state index is -0.0790. The fraction of sp³-hybridized carbons (Fsp3) is 0.235. The van der Waals surface area contributed by atoms with Gasteiger partial charge in [-0.15, -0.1) is 17.9 Å². The minimum Gasteiger partial charge on any atom is -0.293 e. The second-order valence-electron chi connectivity index (χ2n) is 4.67. The molecule has 0 bridgehead atoms. The van der Waals surface area contributed by atoms with Crippen molar-refractivity contribution in [2.24, 2.45) is 0 Å². The molecule has 0 aliphatic rings. The predicted octanol–water partition coefficient (Wildman–Crippen LogP) is 4.77.